The van der Waals surface area contributed by atoms with Crippen molar-refractivity contribution in [1.82, 2.24) is 0 Å². The van der Waals surface area contributed by atoms with Crippen molar-refractivity contribution in [2.24, 2.45) is 28.9 Å². The molecule has 120 valence electrons. The van der Waals surface area contributed by atoms with Crippen molar-refractivity contribution < 1.29 is 9.59 Å². The molecule has 6 nitrogen and oxygen atoms in total. The zero-order chi connectivity index (χ0) is 15.8. The molecule has 0 aromatic carbocycles. The van der Waals surface area contributed by atoms with E-state index in [-0.39, 0.29) is 0 Å². The molecule has 20 heavy (non-hydrogen) atoms. The van der Waals surface area contributed by atoms with Crippen molar-refractivity contribution >= 4 is 12.1 Å². The summed E-state index contributed by atoms with van der Waals surface area (Å²) in [5.41, 5.74) is 17.0. The van der Waals surface area contributed by atoms with Crippen LogP contribution in [0.25, 0.3) is 0 Å². The second-order valence-corrected chi connectivity index (χ2v) is 5.16. The third-order valence-corrected chi connectivity index (χ3v) is 3.19. The molecule has 8 N–H and O–H groups in total. The number of hydrogen-bond donors (Lipinski definition) is 4. The van der Waals surface area contributed by atoms with Crippen LogP contribution in [0, 0.1) is 5.92 Å². The van der Waals surface area contributed by atoms with Crippen molar-refractivity contribution in [3.05, 3.63) is 0 Å². The van der Waals surface area contributed by atoms with Gasteiger partial charge in [-0.3, -0.25) is 0 Å². The second kappa shape index (κ2) is 15.6. The SMILES string of the molecule is CCCCCCC1CCCCC1.NC(N)=O.NC(N)=O. The molecule has 1 aliphatic rings. The molecular weight excluding hydrogens is 256 g/mol. The fraction of sp³-hybridized carbons (Fsp3) is 0.857. The number of urea groups is 2. The second-order valence-electron chi connectivity index (χ2n) is 5.16. The molecule has 0 saturated heterocycles. The van der Waals surface area contributed by atoms with Gasteiger partial charge in [0.1, 0.15) is 0 Å². The molecule has 6 heteroatoms. The van der Waals surface area contributed by atoms with Crippen LogP contribution in [0.1, 0.15) is 71.1 Å². The lowest BCUT2D eigenvalue weighted by Crippen LogP contribution is -2.18. The molecule has 0 radical (unpaired) electrons. The Bertz CT molecular complexity index is 221. The number of carbonyl (C=O) groups excluding carboxylic acids is 2. The molecule has 0 aromatic rings. The summed E-state index contributed by atoms with van der Waals surface area (Å²) >= 11 is 0. The van der Waals surface area contributed by atoms with E-state index in [4.69, 9.17) is 9.59 Å². The van der Waals surface area contributed by atoms with E-state index in [9.17, 15) is 0 Å². The molecule has 1 aliphatic carbocycles. The average Bonchev–Trinajstić information content (AvgIpc) is 2.35. The molecule has 0 spiro atoms. The molecule has 0 bridgehead atoms. The van der Waals surface area contributed by atoms with Crippen molar-refractivity contribution in [1.29, 1.82) is 0 Å². The van der Waals surface area contributed by atoms with E-state index in [1.807, 2.05) is 0 Å². The van der Waals surface area contributed by atoms with Gasteiger partial charge in [-0.05, 0) is 5.92 Å². The summed E-state index contributed by atoms with van der Waals surface area (Å²) in [6.07, 6.45) is 14.9. The van der Waals surface area contributed by atoms with Gasteiger partial charge in [0, 0.05) is 0 Å². The maximum absolute atomic E-state index is 9.00. The van der Waals surface area contributed by atoms with Gasteiger partial charge in [-0.15, -0.1) is 0 Å². The molecule has 0 heterocycles. The maximum atomic E-state index is 9.00. The van der Waals surface area contributed by atoms with Gasteiger partial charge in [0.25, 0.3) is 0 Å². The van der Waals surface area contributed by atoms with Gasteiger partial charge in [0.15, 0.2) is 0 Å². The standard InChI is InChI=1S/C12H24.2CH4N2O/c1-2-3-4-6-9-12-10-7-5-8-11-12;2*2-1(3)4/h12H,2-11H2,1H3;2*(H4,2,3,4). The predicted molar refractivity (Wildman–Crippen MR) is 82.9 cm³/mol. The summed E-state index contributed by atoms with van der Waals surface area (Å²) < 4.78 is 0. The molecule has 0 aliphatic heterocycles. The molecular formula is C14H32N4O2. The average molecular weight is 288 g/mol. The van der Waals surface area contributed by atoms with E-state index in [0.717, 1.165) is 5.92 Å². The predicted octanol–water partition coefficient (Wildman–Crippen LogP) is 2.58. The highest BCUT2D eigenvalue weighted by molar-refractivity contribution is 5.69. The minimum atomic E-state index is -0.833. The van der Waals surface area contributed by atoms with Crippen LogP contribution in [0.2, 0.25) is 0 Å². The smallest absolute Gasteiger partial charge is 0.309 e. The summed E-state index contributed by atoms with van der Waals surface area (Å²) in [7, 11) is 0. The quantitative estimate of drug-likeness (QED) is 0.578. The van der Waals surface area contributed by atoms with Crippen LogP contribution in [0.4, 0.5) is 9.59 Å². The largest absolute Gasteiger partial charge is 0.352 e. The Morgan fingerprint density at radius 3 is 1.70 bits per heavy atom. The van der Waals surface area contributed by atoms with E-state index >= 15 is 0 Å². The van der Waals surface area contributed by atoms with Crippen molar-refractivity contribution in [2.75, 3.05) is 0 Å². The Balaban J connectivity index is 0. The highest BCUT2D eigenvalue weighted by Gasteiger charge is 2.11. The molecule has 0 aromatic heterocycles. The van der Waals surface area contributed by atoms with E-state index in [0.29, 0.717) is 0 Å². The lowest BCUT2D eigenvalue weighted by Gasteiger charge is -2.21. The number of carbonyl (C=O) groups is 2. The minimum absolute atomic E-state index is 0.833. The third-order valence-electron chi connectivity index (χ3n) is 3.19. The zero-order valence-corrected chi connectivity index (χ0v) is 12.8. The fourth-order valence-corrected chi connectivity index (χ4v) is 2.34. The number of primary amides is 4. The summed E-state index contributed by atoms with van der Waals surface area (Å²) in [6.45, 7) is 2.29. The molecule has 1 fully saturated rings. The molecule has 1 saturated carbocycles. The first kappa shape index (κ1) is 20.8. The first-order valence-corrected chi connectivity index (χ1v) is 7.49. The van der Waals surface area contributed by atoms with Gasteiger partial charge in [-0.25, -0.2) is 9.59 Å². The molecule has 4 amide bonds. The van der Waals surface area contributed by atoms with Crippen LogP contribution in [0.3, 0.4) is 0 Å². The van der Waals surface area contributed by atoms with Gasteiger partial charge in [-0.2, -0.15) is 0 Å². The number of rotatable bonds is 5. The van der Waals surface area contributed by atoms with Gasteiger partial charge in [-0.1, -0.05) is 71.1 Å². The highest BCUT2D eigenvalue weighted by Crippen LogP contribution is 2.27. The molecule has 0 atom stereocenters. The van der Waals surface area contributed by atoms with Crippen molar-refractivity contribution in [3.63, 3.8) is 0 Å². The van der Waals surface area contributed by atoms with Gasteiger partial charge in [0.05, 0.1) is 0 Å². The van der Waals surface area contributed by atoms with Gasteiger partial charge in [0.2, 0.25) is 0 Å². The Hall–Kier alpha value is -1.46. The Labute approximate surface area is 122 Å². The van der Waals surface area contributed by atoms with Crippen LogP contribution in [0.5, 0.6) is 0 Å². The molecule has 1 rings (SSSR count). The lowest BCUT2D eigenvalue weighted by atomic mass is 9.85. The summed E-state index contributed by atoms with van der Waals surface area (Å²) in [5, 5.41) is 0. The van der Waals surface area contributed by atoms with E-state index in [1.165, 1.54) is 64.2 Å². The topological polar surface area (TPSA) is 138 Å². The minimum Gasteiger partial charge on any atom is -0.352 e. The Morgan fingerprint density at radius 1 is 0.850 bits per heavy atom. The number of unbranched alkanes of at least 4 members (excludes halogenated alkanes) is 3. The van der Waals surface area contributed by atoms with Crippen LogP contribution in [-0.4, -0.2) is 12.1 Å². The first-order valence-electron chi connectivity index (χ1n) is 7.49. The van der Waals surface area contributed by atoms with Crippen LogP contribution >= 0.6 is 0 Å². The number of amides is 4. The van der Waals surface area contributed by atoms with E-state index < -0.39 is 12.1 Å². The van der Waals surface area contributed by atoms with Crippen LogP contribution in [0.15, 0.2) is 0 Å². The highest BCUT2D eigenvalue weighted by atomic mass is 16.2. The Morgan fingerprint density at radius 2 is 1.30 bits per heavy atom. The summed E-state index contributed by atoms with van der Waals surface area (Å²) in [4.78, 5) is 18.0. The lowest BCUT2D eigenvalue weighted by molar-refractivity contribution is 0.255. The third kappa shape index (κ3) is 25.4. The van der Waals surface area contributed by atoms with E-state index in [2.05, 4.69) is 29.9 Å². The van der Waals surface area contributed by atoms with E-state index in [1.54, 1.807) is 0 Å². The normalized spacial score (nSPS) is 14.2. The van der Waals surface area contributed by atoms with Crippen LogP contribution < -0.4 is 22.9 Å². The summed E-state index contributed by atoms with van der Waals surface area (Å²) in [6, 6.07) is -1.67. The van der Waals surface area contributed by atoms with Crippen molar-refractivity contribution in [2.45, 2.75) is 71.1 Å². The van der Waals surface area contributed by atoms with Gasteiger partial charge >= 0.3 is 12.1 Å². The maximum Gasteiger partial charge on any atom is 0.309 e. The zero-order valence-electron chi connectivity index (χ0n) is 12.8. The number of hydrogen-bond acceptors (Lipinski definition) is 2. The van der Waals surface area contributed by atoms with Crippen LogP contribution in [-0.2, 0) is 0 Å². The first-order chi connectivity index (χ1) is 9.40. The number of nitrogens with two attached hydrogens (primary N) is 4. The Kier molecular flexibility index (Phi) is 16.3. The fourth-order valence-electron chi connectivity index (χ4n) is 2.34. The van der Waals surface area contributed by atoms with Gasteiger partial charge < -0.3 is 22.9 Å². The van der Waals surface area contributed by atoms with Crippen molar-refractivity contribution in [3.8, 4) is 0 Å². The summed E-state index contributed by atoms with van der Waals surface area (Å²) in [5.74, 6) is 1.11. The molecule has 0 unspecified atom stereocenters. The monoisotopic (exact) mass is 288 g/mol.